The van der Waals surface area contributed by atoms with Crippen LogP contribution in [-0.4, -0.2) is 34.3 Å². The SMILES string of the molecule is CCCc1nc2cccc(C(=O)O)c2n1C(C)(C)COC. The molecule has 0 radical (unpaired) electrons. The fourth-order valence-corrected chi connectivity index (χ4v) is 2.81. The lowest BCUT2D eigenvalue weighted by Gasteiger charge is -2.29. The van der Waals surface area contributed by atoms with Crippen molar-refractivity contribution in [3.05, 3.63) is 29.6 Å². The maximum atomic E-state index is 11.5. The maximum absolute atomic E-state index is 11.5. The molecule has 2 aromatic rings. The third-order valence-corrected chi connectivity index (χ3v) is 3.55. The van der Waals surface area contributed by atoms with Crippen LogP contribution in [0.3, 0.4) is 0 Å². The average Bonchev–Trinajstić information content (AvgIpc) is 2.77. The summed E-state index contributed by atoms with van der Waals surface area (Å²) in [5.74, 6) is -0.0266. The number of carbonyl (C=O) groups is 1. The van der Waals surface area contributed by atoms with Crippen molar-refractivity contribution in [1.82, 2.24) is 9.55 Å². The number of methoxy groups -OCH3 is 1. The minimum Gasteiger partial charge on any atom is -0.478 e. The summed E-state index contributed by atoms with van der Waals surface area (Å²) in [6, 6.07) is 5.23. The third kappa shape index (κ3) is 2.78. The van der Waals surface area contributed by atoms with Gasteiger partial charge in [-0.05, 0) is 32.4 Å². The lowest BCUT2D eigenvalue weighted by atomic mass is 10.0. The van der Waals surface area contributed by atoms with Crippen LogP contribution in [0.4, 0.5) is 0 Å². The van der Waals surface area contributed by atoms with Gasteiger partial charge in [0.15, 0.2) is 0 Å². The van der Waals surface area contributed by atoms with Crippen molar-refractivity contribution in [3.8, 4) is 0 Å². The minimum absolute atomic E-state index is 0.284. The molecular weight excluding hydrogens is 268 g/mol. The zero-order chi connectivity index (χ0) is 15.6. The maximum Gasteiger partial charge on any atom is 0.337 e. The Morgan fingerprint density at radius 2 is 2.14 bits per heavy atom. The molecule has 5 nitrogen and oxygen atoms in total. The predicted octanol–water partition coefficient (Wildman–Crippen LogP) is 3.07. The molecule has 0 unspecified atom stereocenters. The number of hydrogen-bond acceptors (Lipinski definition) is 3. The predicted molar refractivity (Wildman–Crippen MR) is 81.9 cm³/mol. The molecule has 0 bridgehead atoms. The molecule has 1 aromatic carbocycles. The van der Waals surface area contributed by atoms with Crippen LogP contribution in [0.2, 0.25) is 0 Å². The van der Waals surface area contributed by atoms with Crippen molar-refractivity contribution >= 4 is 17.0 Å². The number of fused-ring (bicyclic) bond motifs is 1. The van der Waals surface area contributed by atoms with Crippen LogP contribution in [0.15, 0.2) is 18.2 Å². The summed E-state index contributed by atoms with van der Waals surface area (Å²) in [6.07, 6.45) is 1.76. The smallest absolute Gasteiger partial charge is 0.337 e. The Labute approximate surface area is 124 Å². The van der Waals surface area contributed by atoms with Crippen LogP contribution in [-0.2, 0) is 16.7 Å². The Morgan fingerprint density at radius 3 is 2.71 bits per heavy atom. The normalized spacial score (nSPS) is 12.0. The molecule has 0 spiro atoms. The molecule has 0 saturated carbocycles. The van der Waals surface area contributed by atoms with Crippen molar-refractivity contribution in [3.63, 3.8) is 0 Å². The summed E-state index contributed by atoms with van der Waals surface area (Å²) < 4.78 is 7.34. The first kappa shape index (κ1) is 15.5. The standard InChI is InChI=1S/C16H22N2O3/c1-5-7-13-17-12-9-6-8-11(15(19)20)14(12)18(13)16(2,3)10-21-4/h6,8-9H,5,7,10H2,1-4H3,(H,19,20). The lowest BCUT2D eigenvalue weighted by Crippen LogP contribution is -2.33. The molecule has 2 rings (SSSR count). The van der Waals surface area contributed by atoms with Gasteiger partial charge in [-0.25, -0.2) is 9.78 Å². The number of imidazole rings is 1. The monoisotopic (exact) mass is 290 g/mol. The first-order valence-corrected chi connectivity index (χ1v) is 7.15. The minimum atomic E-state index is -0.932. The molecular formula is C16H22N2O3. The van der Waals surface area contributed by atoms with Gasteiger partial charge in [-0.1, -0.05) is 13.0 Å². The summed E-state index contributed by atoms with van der Waals surface area (Å²) in [6.45, 7) is 6.65. The summed E-state index contributed by atoms with van der Waals surface area (Å²) in [5, 5.41) is 9.47. The van der Waals surface area contributed by atoms with E-state index >= 15 is 0 Å². The number of carboxylic acid groups (broad SMARTS) is 1. The number of para-hydroxylation sites is 1. The van der Waals surface area contributed by atoms with Crippen molar-refractivity contribution in [2.75, 3.05) is 13.7 Å². The van der Waals surface area contributed by atoms with Crippen LogP contribution < -0.4 is 0 Å². The van der Waals surface area contributed by atoms with Gasteiger partial charge in [0.25, 0.3) is 0 Å². The van der Waals surface area contributed by atoms with E-state index in [0.29, 0.717) is 12.1 Å². The van der Waals surface area contributed by atoms with E-state index in [1.807, 2.05) is 24.5 Å². The molecule has 0 aliphatic carbocycles. The zero-order valence-corrected chi connectivity index (χ0v) is 13.0. The highest BCUT2D eigenvalue weighted by molar-refractivity contribution is 6.01. The summed E-state index contributed by atoms with van der Waals surface area (Å²) >= 11 is 0. The van der Waals surface area contributed by atoms with Gasteiger partial charge in [-0.3, -0.25) is 0 Å². The molecule has 1 N–H and O–H groups in total. The van der Waals surface area contributed by atoms with Crippen molar-refractivity contribution in [2.24, 2.45) is 0 Å². The van der Waals surface area contributed by atoms with Crippen molar-refractivity contribution in [1.29, 1.82) is 0 Å². The van der Waals surface area contributed by atoms with Gasteiger partial charge in [0, 0.05) is 13.5 Å². The Bertz CT molecular complexity index is 659. The van der Waals surface area contributed by atoms with E-state index < -0.39 is 5.97 Å². The van der Waals surface area contributed by atoms with E-state index in [4.69, 9.17) is 4.74 Å². The first-order chi connectivity index (χ1) is 9.92. The van der Waals surface area contributed by atoms with E-state index in [-0.39, 0.29) is 11.1 Å². The number of benzene rings is 1. The molecule has 114 valence electrons. The molecule has 0 amide bonds. The quantitative estimate of drug-likeness (QED) is 0.888. The lowest BCUT2D eigenvalue weighted by molar-refractivity contribution is 0.0697. The second-order valence-corrected chi connectivity index (χ2v) is 5.84. The number of nitrogens with zero attached hydrogens (tertiary/aromatic N) is 2. The van der Waals surface area contributed by atoms with Gasteiger partial charge in [0.2, 0.25) is 0 Å². The van der Waals surface area contributed by atoms with Crippen molar-refractivity contribution < 1.29 is 14.6 Å². The van der Waals surface area contributed by atoms with Crippen LogP contribution >= 0.6 is 0 Å². The van der Waals surface area contributed by atoms with Gasteiger partial charge in [0.05, 0.1) is 28.7 Å². The number of aryl methyl sites for hydroxylation is 1. The third-order valence-electron chi connectivity index (χ3n) is 3.55. The highest BCUT2D eigenvalue weighted by Crippen LogP contribution is 2.29. The van der Waals surface area contributed by atoms with E-state index in [0.717, 1.165) is 24.2 Å². The number of hydrogen-bond donors (Lipinski definition) is 1. The zero-order valence-electron chi connectivity index (χ0n) is 13.0. The van der Waals surface area contributed by atoms with Gasteiger partial charge >= 0.3 is 5.97 Å². The molecule has 0 fully saturated rings. The van der Waals surface area contributed by atoms with Gasteiger partial charge in [0.1, 0.15) is 5.82 Å². The van der Waals surface area contributed by atoms with E-state index in [2.05, 4.69) is 11.9 Å². The van der Waals surface area contributed by atoms with Gasteiger partial charge in [-0.2, -0.15) is 0 Å². The fraction of sp³-hybridized carbons (Fsp3) is 0.500. The van der Waals surface area contributed by atoms with Gasteiger partial charge < -0.3 is 14.4 Å². The Hall–Kier alpha value is -1.88. The number of ether oxygens (including phenoxy) is 1. The molecule has 0 saturated heterocycles. The second kappa shape index (κ2) is 5.85. The second-order valence-electron chi connectivity index (χ2n) is 5.84. The summed E-state index contributed by atoms with van der Waals surface area (Å²) in [4.78, 5) is 16.2. The van der Waals surface area contributed by atoms with Crippen LogP contribution in [0, 0.1) is 0 Å². The number of rotatable bonds is 6. The Balaban J connectivity index is 2.80. The highest BCUT2D eigenvalue weighted by Gasteiger charge is 2.28. The number of aromatic carboxylic acids is 1. The fourth-order valence-electron chi connectivity index (χ4n) is 2.81. The molecule has 21 heavy (non-hydrogen) atoms. The van der Waals surface area contributed by atoms with Gasteiger partial charge in [-0.15, -0.1) is 0 Å². The van der Waals surface area contributed by atoms with Crippen molar-refractivity contribution in [2.45, 2.75) is 39.2 Å². The van der Waals surface area contributed by atoms with Crippen LogP contribution in [0.1, 0.15) is 43.4 Å². The summed E-state index contributed by atoms with van der Waals surface area (Å²) in [7, 11) is 1.65. The molecule has 1 heterocycles. The summed E-state index contributed by atoms with van der Waals surface area (Å²) in [5.41, 5.74) is 1.32. The number of aromatic nitrogens is 2. The van der Waals surface area contributed by atoms with Crippen LogP contribution in [0.5, 0.6) is 0 Å². The molecule has 0 aliphatic rings. The molecule has 1 aromatic heterocycles. The topological polar surface area (TPSA) is 64.3 Å². The van der Waals surface area contributed by atoms with E-state index in [1.54, 1.807) is 19.2 Å². The highest BCUT2D eigenvalue weighted by atomic mass is 16.5. The molecule has 0 atom stereocenters. The molecule has 5 heteroatoms. The average molecular weight is 290 g/mol. The van der Waals surface area contributed by atoms with Crippen LogP contribution in [0.25, 0.3) is 11.0 Å². The Kier molecular flexibility index (Phi) is 4.32. The van der Waals surface area contributed by atoms with E-state index in [1.165, 1.54) is 0 Å². The number of carboxylic acids is 1. The molecule has 0 aliphatic heterocycles. The van der Waals surface area contributed by atoms with E-state index in [9.17, 15) is 9.90 Å². The Morgan fingerprint density at radius 1 is 1.43 bits per heavy atom. The largest absolute Gasteiger partial charge is 0.478 e. The first-order valence-electron chi connectivity index (χ1n) is 7.15.